The molecular formula is C19H20ClF3N2O2. The average molecular weight is 401 g/mol. The molecule has 2 amide bonds. The van der Waals surface area contributed by atoms with Gasteiger partial charge in [0.05, 0.1) is 17.9 Å². The van der Waals surface area contributed by atoms with E-state index in [-0.39, 0.29) is 17.3 Å². The highest BCUT2D eigenvalue weighted by molar-refractivity contribution is 6.30. The maximum atomic E-state index is 13.0. The molecule has 0 radical (unpaired) electrons. The highest BCUT2D eigenvalue weighted by atomic mass is 35.5. The molecule has 0 aliphatic carbocycles. The lowest BCUT2D eigenvalue weighted by Crippen LogP contribution is -2.31. The molecule has 0 saturated heterocycles. The molecule has 0 aromatic heterocycles. The molecule has 0 spiro atoms. The van der Waals surface area contributed by atoms with Crippen LogP contribution in [0.3, 0.4) is 0 Å². The third-order valence-electron chi connectivity index (χ3n) is 3.80. The first-order valence-corrected chi connectivity index (χ1v) is 8.67. The molecule has 0 unspecified atom stereocenters. The SMILES string of the molecule is Cc1cccc(C)c1OCCCNC(=O)Nc1ccc(Cl)cc1C(F)(F)F. The lowest BCUT2D eigenvalue weighted by Gasteiger charge is -2.15. The van der Waals surface area contributed by atoms with Crippen LogP contribution in [0.15, 0.2) is 36.4 Å². The van der Waals surface area contributed by atoms with Crippen LogP contribution >= 0.6 is 11.6 Å². The van der Waals surface area contributed by atoms with Gasteiger partial charge >= 0.3 is 12.2 Å². The number of para-hydroxylation sites is 1. The van der Waals surface area contributed by atoms with Gasteiger partial charge < -0.3 is 15.4 Å². The van der Waals surface area contributed by atoms with Crippen LogP contribution in [-0.2, 0) is 6.18 Å². The number of rotatable bonds is 6. The predicted molar refractivity (Wildman–Crippen MR) is 99.5 cm³/mol. The molecule has 146 valence electrons. The maximum absolute atomic E-state index is 13.0. The van der Waals surface area contributed by atoms with E-state index < -0.39 is 17.8 Å². The molecule has 4 nitrogen and oxygen atoms in total. The van der Waals surface area contributed by atoms with Crippen LogP contribution in [0, 0.1) is 13.8 Å². The van der Waals surface area contributed by atoms with Crippen molar-refractivity contribution in [2.45, 2.75) is 26.4 Å². The summed E-state index contributed by atoms with van der Waals surface area (Å²) < 4.78 is 44.7. The van der Waals surface area contributed by atoms with Crippen molar-refractivity contribution in [1.82, 2.24) is 5.32 Å². The normalized spacial score (nSPS) is 11.2. The summed E-state index contributed by atoms with van der Waals surface area (Å²) >= 11 is 5.61. The van der Waals surface area contributed by atoms with E-state index >= 15 is 0 Å². The van der Waals surface area contributed by atoms with Gasteiger partial charge in [-0.2, -0.15) is 13.2 Å². The molecule has 2 N–H and O–H groups in total. The highest BCUT2D eigenvalue weighted by Gasteiger charge is 2.34. The third kappa shape index (κ3) is 6.06. The van der Waals surface area contributed by atoms with Crippen LogP contribution in [0.5, 0.6) is 5.75 Å². The van der Waals surface area contributed by atoms with Crippen LogP contribution < -0.4 is 15.4 Å². The molecule has 8 heteroatoms. The minimum absolute atomic E-state index is 0.0584. The molecule has 2 aromatic rings. The molecule has 2 rings (SSSR count). The van der Waals surface area contributed by atoms with Crippen LogP contribution in [0.1, 0.15) is 23.1 Å². The van der Waals surface area contributed by atoms with Crippen LogP contribution in [0.2, 0.25) is 5.02 Å². The minimum atomic E-state index is -4.62. The van der Waals surface area contributed by atoms with E-state index in [0.29, 0.717) is 13.0 Å². The minimum Gasteiger partial charge on any atom is -0.493 e. The Morgan fingerprint density at radius 2 is 1.81 bits per heavy atom. The number of hydrogen-bond donors (Lipinski definition) is 2. The summed E-state index contributed by atoms with van der Waals surface area (Å²) in [7, 11) is 0. The van der Waals surface area contributed by atoms with E-state index in [9.17, 15) is 18.0 Å². The number of alkyl halides is 3. The first-order chi connectivity index (χ1) is 12.7. The van der Waals surface area contributed by atoms with Crippen molar-refractivity contribution in [1.29, 1.82) is 0 Å². The van der Waals surface area contributed by atoms with Gasteiger partial charge in [0.15, 0.2) is 0 Å². The van der Waals surface area contributed by atoms with Crippen molar-refractivity contribution in [3.8, 4) is 5.75 Å². The zero-order valence-electron chi connectivity index (χ0n) is 14.9. The highest BCUT2D eigenvalue weighted by Crippen LogP contribution is 2.36. The summed E-state index contributed by atoms with van der Waals surface area (Å²) in [5, 5.41) is 4.65. The van der Waals surface area contributed by atoms with Crippen LogP contribution in [-0.4, -0.2) is 19.2 Å². The molecular weight excluding hydrogens is 381 g/mol. The molecule has 0 atom stereocenters. The van der Waals surface area contributed by atoms with Gasteiger partial charge in [0, 0.05) is 11.6 Å². The molecule has 0 aliphatic rings. The number of benzene rings is 2. The van der Waals surface area contributed by atoms with Crippen LogP contribution in [0.25, 0.3) is 0 Å². The van der Waals surface area contributed by atoms with Crippen molar-refractivity contribution in [2.75, 3.05) is 18.5 Å². The van der Waals surface area contributed by atoms with E-state index in [1.807, 2.05) is 32.0 Å². The molecule has 0 aliphatic heterocycles. The van der Waals surface area contributed by atoms with Gasteiger partial charge in [0.1, 0.15) is 5.75 Å². The second-order valence-electron chi connectivity index (χ2n) is 5.99. The summed E-state index contributed by atoms with van der Waals surface area (Å²) in [6.45, 7) is 4.52. The number of carbonyl (C=O) groups is 1. The maximum Gasteiger partial charge on any atom is 0.418 e. The summed E-state index contributed by atoms with van der Waals surface area (Å²) in [4.78, 5) is 11.9. The second kappa shape index (κ2) is 8.99. The van der Waals surface area contributed by atoms with Crippen molar-refractivity contribution in [3.63, 3.8) is 0 Å². The molecule has 27 heavy (non-hydrogen) atoms. The van der Waals surface area contributed by atoms with Gasteiger partial charge in [0.25, 0.3) is 0 Å². The summed E-state index contributed by atoms with van der Waals surface area (Å²) in [5.41, 5.74) is 0.686. The van der Waals surface area contributed by atoms with Gasteiger partial charge in [-0.25, -0.2) is 4.79 Å². The smallest absolute Gasteiger partial charge is 0.418 e. The molecule has 0 fully saturated rings. The third-order valence-corrected chi connectivity index (χ3v) is 4.03. The number of halogens is 4. The molecule has 0 saturated carbocycles. The Labute approximate surface area is 160 Å². The monoisotopic (exact) mass is 400 g/mol. The summed E-state index contributed by atoms with van der Waals surface area (Å²) in [5.74, 6) is 0.804. The van der Waals surface area contributed by atoms with Gasteiger partial charge in [-0.15, -0.1) is 0 Å². The van der Waals surface area contributed by atoms with E-state index in [2.05, 4.69) is 10.6 Å². The fraction of sp³-hybridized carbons (Fsp3) is 0.316. The number of urea groups is 1. The summed E-state index contributed by atoms with van der Waals surface area (Å²) in [6.07, 6.45) is -4.11. The Hall–Kier alpha value is -2.41. The van der Waals surface area contributed by atoms with Gasteiger partial charge in [-0.3, -0.25) is 0 Å². The Morgan fingerprint density at radius 1 is 1.15 bits per heavy atom. The Balaban J connectivity index is 1.82. The van der Waals surface area contributed by atoms with E-state index in [4.69, 9.17) is 16.3 Å². The van der Waals surface area contributed by atoms with Gasteiger partial charge in [-0.1, -0.05) is 29.8 Å². The quantitative estimate of drug-likeness (QED) is 0.623. The first kappa shape index (κ1) is 20.9. The number of anilines is 1. The predicted octanol–water partition coefficient (Wildman–Crippen LogP) is 5.57. The number of ether oxygens (including phenoxy) is 1. The Morgan fingerprint density at radius 3 is 2.44 bits per heavy atom. The number of carbonyl (C=O) groups excluding carboxylic acids is 1. The lowest BCUT2D eigenvalue weighted by molar-refractivity contribution is -0.136. The standard InChI is InChI=1S/C19H20ClF3N2O2/c1-12-5-3-6-13(2)17(12)27-10-4-9-24-18(26)25-16-8-7-14(20)11-15(16)19(21,22)23/h3,5-8,11H,4,9-10H2,1-2H3,(H2,24,25,26). The zero-order chi connectivity index (χ0) is 20.0. The topological polar surface area (TPSA) is 50.4 Å². The fourth-order valence-corrected chi connectivity index (χ4v) is 2.67. The number of hydrogen-bond acceptors (Lipinski definition) is 2. The second-order valence-corrected chi connectivity index (χ2v) is 6.43. The first-order valence-electron chi connectivity index (χ1n) is 8.29. The Kier molecular flexibility index (Phi) is 6.96. The number of aryl methyl sites for hydroxylation is 2. The zero-order valence-corrected chi connectivity index (χ0v) is 15.7. The summed E-state index contributed by atoms with van der Waals surface area (Å²) in [6, 6.07) is 8.27. The van der Waals surface area contributed by atoms with Crippen molar-refractivity contribution in [3.05, 3.63) is 58.1 Å². The Bertz CT molecular complexity index is 790. The van der Waals surface area contributed by atoms with Crippen molar-refractivity contribution >= 4 is 23.3 Å². The van der Waals surface area contributed by atoms with Gasteiger partial charge in [-0.05, 0) is 49.6 Å². The molecule has 0 heterocycles. The van der Waals surface area contributed by atoms with Gasteiger partial charge in [0.2, 0.25) is 0 Å². The molecule has 0 bridgehead atoms. The van der Waals surface area contributed by atoms with E-state index in [0.717, 1.165) is 29.0 Å². The molecule has 2 aromatic carbocycles. The fourth-order valence-electron chi connectivity index (χ4n) is 2.50. The van der Waals surface area contributed by atoms with Crippen molar-refractivity contribution in [2.24, 2.45) is 0 Å². The van der Waals surface area contributed by atoms with Crippen molar-refractivity contribution < 1.29 is 22.7 Å². The largest absolute Gasteiger partial charge is 0.493 e. The van der Waals surface area contributed by atoms with E-state index in [1.165, 1.54) is 6.07 Å². The average Bonchev–Trinajstić information content (AvgIpc) is 2.57. The van der Waals surface area contributed by atoms with E-state index in [1.54, 1.807) is 0 Å². The van der Waals surface area contributed by atoms with Crippen LogP contribution in [0.4, 0.5) is 23.7 Å². The lowest BCUT2D eigenvalue weighted by atomic mass is 10.1. The number of amides is 2. The number of nitrogens with one attached hydrogen (secondary N) is 2.